The Labute approximate surface area is 222 Å². The van der Waals surface area contributed by atoms with E-state index in [4.69, 9.17) is 9.73 Å². The van der Waals surface area contributed by atoms with Crippen molar-refractivity contribution in [3.05, 3.63) is 76.5 Å². The van der Waals surface area contributed by atoms with Crippen molar-refractivity contribution in [2.75, 3.05) is 13.2 Å². The molecule has 3 rings (SSSR count). The minimum Gasteiger partial charge on any atom is -0.474 e. The van der Waals surface area contributed by atoms with Gasteiger partial charge in [0.2, 0.25) is 5.88 Å². The maximum atomic E-state index is 14.2. The molecule has 0 unspecified atom stereocenters. The Kier molecular flexibility index (Phi) is 9.83. The minimum absolute atomic E-state index is 0.0322. The van der Waals surface area contributed by atoms with Crippen LogP contribution in [0.5, 0.6) is 5.88 Å². The third-order valence-electron chi connectivity index (χ3n) is 6.62. The molecule has 0 fully saturated rings. The highest BCUT2D eigenvalue weighted by atomic mass is 19.4. The number of alkyl halides is 3. The molecule has 38 heavy (non-hydrogen) atoms. The smallest absolute Gasteiger partial charge is 0.434 e. The second-order valence-corrected chi connectivity index (χ2v) is 9.36. The molecule has 6 nitrogen and oxygen atoms in total. The van der Waals surface area contributed by atoms with Crippen LogP contribution in [-0.4, -0.2) is 45.7 Å². The predicted octanol–water partition coefficient (Wildman–Crippen LogP) is 6.79. The number of ether oxygens (including phenoxy) is 1. The second-order valence-electron chi connectivity index (χ2n) is 9.36. The summed E-state index contributed by atoms with van der Waals surface area (Å²) < 4.78 is 44.0. The zero-order chi connectivity index (χ0) is 27.9. The summed E-state index contributed by atoms with van der Waals surface area (Å²) in [5.41, 5.74) is 4.70. The van der Waals surface area contributed by atoms with E-state index in [-0.39, 0.29) is 24.4 Å². The van der Waals surface area contributed by atoms with Crippen molar-refractivity contribution in [2.24, 2.45) is 4.99 Å². The third kappa shape index (κ3) is 7.08. The molecule has 0 aromatic carbocycles. The van der Waals surface area contributed by atoms with Crippen molar-refractivity contribution in [2.45, 2.75) is 72.5 Å². The van der Waals surface area contributed by atoms with Crippen molar-refractivity contribution in [1.82, 2.24) is 14.9 Å². The summed E-state index contributed by atoms with van der Waals surface area (Å²) in [7, 11) is 0. The number of rotatable bonds is 9. The standard InChI is InChI=1S/C29H35F3N4O2/c1-6-21-10-9-13-33-24(15-21)23-12-11-19(4)14-22(7-2)27(23)28(37)36(8-3)20(5)18-38-26-17-34-25(16-35-26)29(30,31)32/h9-13,16-17,20H,6-8,14-15,18H2,1-5H3/t20-/m0/s1. The van der Waals surface area contributed by atoms with Crippen LogP contribution in [0, 0.1) is 0 Å². The van der Waals surface area contributed by atoms with Crippen molar-refractivity contribution in [3.8, 4) is 5.88 Å². The van der Waals surface area contributed by atoms with E-state index in [2.05, 4.69) is 42.9 Å². The first-order valence-corrected chi connectivity index (χ1v) is 12.9. The lowest BCUT2D eigenvalue weighted by atomic mass is 9.89. The van der Waals surface area contributed by atoms with Gasteiger partial charge in [-0.25, -0.2) is 9.97 Å². The lowest BCUT2D eigenvalue weighted by Crippen LogP contribution is -2.43. The van der Waals surface area contributed by atoms with Crippen LogP contribution in [0.25, 0.3) is 0 Å². The van der Waals surface area contributed by atoms with E-state index in [1.54, 1.807) is 11.1 Å². The monoisotopic (exact) mass is 528 g/mol. The molecule has 0 bridgehead atoms. The molecule has 1 amide bonds. The number of likely N-dealkylation sites (N-methyl/N-ethyl adjacent to an activating group) is 1. The number of hydrogen-bond donors (Lipinski definition) is 0. The maximum absolute atomic E-state index is 14.2. The molecule has 204 valence electrons. The molecule has 1 aromatic heterocycles. The third-order valence-corrected chi connectivity index (χ3v) is 6.62. The number of carbonyl (C=O) groups excluding carboxylic acids is 1. The van der Waals surface area contributed by atoms with Gasteiger partial charge in [-0.1, -0.05) is 48.8 Å². The number of aliphatic imine (C=N–C) groups is 1. The summed E-state index contributed by atoms with van der Waals surface area (Å²) in [6, 6.07) is -0.372. The van der Waals surface area contributed by atoms with E-state index in [0.717, 1.165) is 29.5 Å². The normalized spacial score (nSPS) is 17.1. The molecular weight excluding hydrogens is 493 g/mol. The molecule has 1 aliphatic heterocycles. The van der Waals surface area contributed by atoms with E-state index in [0.29, 0.717) is 37.6 Å². The van der Waals surface area contributed by atoms with Crippen LogP contribution in [-0.2, 0) is 11.0 Å². The van der Waals surface area contributed by atoms with Gasteiger partial charge < -0.3 is 9.64 Å². The molecule has 0 saturated carbocycles. The first kappa shape index (κ1) is 29.1. The van der Waals surface area contributed by atoms with Crippen molar-refractivity contribution >= 4 is 11.6 Å². The average Bonchev–Trinajstić information content (AvgIpc) is 3.23. The molecule has 9 heteroatoms. The maximum Gasteiger partial charge on any atom is 0.434 e. The molecular formula is C29H35F3N4O2. The summed E-state index contributed by atoms with van der Waals surface area (Å²) >= 11 is 0. The first-order valence-electron chi connectivity index (χ1n) is 12.9. The van der Waals surface area contributed by atoms with Crippen LogP contribution in [0.15, 0.2) is 75.8 Å². The summed E-state index contributed by atoms with van der Waals surface area (Å²) in [5.74, 6) is -0.151. The van der Waals surface area contributed by atoms with Crippen LogP contribution >= 0.6 is 0 Å². The Bertz CT molecular complexity index is 1210. The van der Waals surface area contributed by atoms with Gasteiger partial charge in [-0.2, -0.15) is 13.2 Å². The Morgan fingerprint density at radius 2 is 1.84 bits per heavy atom. The first-order chi connectivity index (χ1) is 18.1. The van der Waals surface area contributed by atoms with Crippen molar-refractivity contribution < 1.29 is 22.7 Å². The van der Waals surface area contributed by atoms with Gasteiger partial charge in [-0.15, -0.1) is 0 Å². The Balaban J connectivity index is 1.88. The van der Waals surface area contributed by atoms with Crippen LogP contribution in [0.2, 0.25) is 0 Å². The van der Waals surface area contributed by atoms with Gasteiger partial charge in [-0.05, 0) is 46.1 Å². The number of aromatic nitrogens is 2. The molecule has 1 aliphatic carbocycles. The fourth-order valence-corrected chi connectivity index (χ4v) is 4.46. The van der Waals surface area contributed by atoms with E-state index in [9.17, 15) is 18.0 Å². The van der Waals surface area contributed by atoms with Crippen LogP contribution in [0.3, 0.4) is 0 Å². The van der Waals surface area contributed by atoms with Crippen LogP contribution < -0.4 is 4.74 Å². The van der Waals surface area contributed by atoms with Gasteiger partial charge >= 0.3 is 6.18 Å². The number of hydrogen-bond acceptors (Lipinski definition) is 5. The SMILES string of the molecule is CCC1=CC=CN=C(C2=CC=C(C)CC(CC)=C2C(=O)N(CC)[C@@H](C)COc2cnc(C(F)(F)F)cn2)C1. The van der Waals surface area contributed by atoms with Crippen LogP contribution in [0.4, 0.5) is 13.2 Å². The van der Waals surface area contributed by atoms with Gasteiger partial charge in [0.15, 0.2) is 5.69 Å². The Morgan fingerprint density at radius 3 is 2.45 bits per heavy atom. The fourth-order valence-electron chi connectivity index (χ4n) is 4.46. The molecule has 0 N–H and O–H groups in total. The Hall–Kier alpha value is -3.49. The highest BCUT2D eigenvalue weighted by Crippen LogP contribution is 2.32. The quantitative estimate of drug-likeness (QED) is 0.354. The highest BCUT2D eigenvalue weighted by molar-refractivity contribution is 6.15. The van der Waals surface area contributed by atoms with Crippen molar-refractivity contribution in [1.29, 1.82) is 0 Å². The lowest BCUT2D eigenvalue weighted by molar-refractivity contribution is -0.141. The largest absolute Gasteiger partial charge is 0.474 e. The van der Waals surface area contributed by atoms with E-state index >= 15 is 0 Å². The lowest BCUT2D eigenvalue weighted by Gasteiger charge is -2.30. The summed E-state index contributed by atoms with van der Waals surface area (Å²) in [6.45, 7) is 10.4. The number of halogens is 3. The second kappa shape index (κ2) is 12.8. The van der Waals surface area contributed by atoms with Gasteiger partial charge in [0, 0.05) is 30.3 Å². The van der Waals surface area contributed by atoms with Gasteiger partial charge in [0.25, 0.3) is 5.91 Å². The predicted molar refractivity (Wildman–Crippen MR) is 143 cm³/mol. The molecule has 2 aliphatic rings. The topological polar surface area (TPSA) is 67.7 Å². The summed E-state index contributed by atoms with van der Waals surface area (Å²) in [6.07, 6.45) is 9.81. The fraction of sp³-hybridized carbons (Fsp3) is 0.448. The van der Waals surface area contributed by atoms with Gasteiger partial charge in [0.05, 0.1) is 24.1 Å². The zero-order valence-electron chi connectivity index (χ0n) is 22.6. The minimum atomic E-state index is -4.57. The zero-order valence-corrected chi connectivity index (χ0v) is 22.6. The molecule has 0 spiro atoms. The van der Waals surface area contributed by atoms with Gasteiger partial charge in [-0.3, -0.25) is 9.79 Å². The number of allylic oxidation sites excluding steroid dienone is 7. The number of amides is 1. The average molecular weight is 529 g/mol. The highest BCUT2D eigenvalue weighted by Gasteiger charge is 2.33. The molecule has 1 aromatic rings. The molecule has 1 atom stereocenters. The summed E-state index contributed by atoms with van der Waals surface area (Å²) in [4.78, 5) is 27.7. The number of carbonyl (C=O) groups is 1. The molecule has 0 saturated heterocycles. The van der Waals surface area contributed by atoms with E-state index in [1.165, 1.54) is 11.1 Å². The van der Waals surface area contributed by atoms with E-state index in [1.807, 2.05) is 26.0 Å². The van der Waals surface area contributed by atoms with E-state index < -0.39 is 11.9 Å². The summed E-state index contributed by atoms with van der Waals surface area (Å²) in [5, 5.41) is 0. The molecule has 0 radical (unpaired) electrons. The number of nitrogens with zero attached hydrogens (tertiary/aromatic N) is 4. The van der Waals surface area contributed by atoms with Crippen molar-refractivity contribution in [3.63, 3.8) is 0 Å². The van der Waals surface area contributed by atoms with Crippen LogP contribution in [0.1, 0.15) is 66.0 Å². The Morgan fingerprint density at radius 1 is 1.08 bits per heavy atom. The molecule has 2 heterocycles. The van der Waals surface area contributed by atoms with Gasteiger partial charge in [0.1, 0.15) is 6.61 Å².